The number of hydrogen-bond donors (Lipinski definition) is 0. The van der Waals surface area contributed by atoms with Crippen LogP contribution in [-0.2, 0) is 4.74 Å². The van der Waals surface area contributed by atoms with Crippen molar-refractivity contribution in [3.63, 3.8) is 0 Å². The van der Waals surface area contributed by atoms with Gasteiger partial charge in [-0.05, 0) is 51.1 Å². The fourth-order valence-electron chi connectivity index (χ4n) is 2.23. The average molecular weight is 287 g/mol. The van der Waals surface area contributed by atoms with Crippen LogP contribution in [0.3, 0.4) is 0 Å². The van der Waals surface area contributed by atoms with Crippen LogP contribution < -0.4 is 12.4 Å². The molecule has 0 amide bonds. The predicted octanol–water partition coefficient (Wildman–Crippen LogP) is -0.529. The van der Waals surface area contributed by atoms with E-state index < -0.39 is 11.8 Å². The van der Waals surface area contributed by atoms with Gasteiger partial charge in [-0.15, -0.1) is 0 Å². The van der Waals surface area contributed by atoms with Crippen molar-refractivity contribution in [2.75, 3.05) is 19.6 Å². The maximum absolute atomic E-state index is 13.0. The molecule has 3 nitrogen and oxygen atoms in total. The number of benzene rings is 1. The number of ether oxygens (including phenoxy) is 1. The van der Waals surface area contributed by atoms with Crippen molar-refractivity contribution in [2.45, 2.75) is 25.9 Å². The molecule has 0 radical (unpaired) electrons. The minimum absolute atomic E-state index is 0. The molecule has 5 heteroatoms. The minimum atomic E-state index is -0.457. The number of carbonyl (C=O) groups is 1. The van der Waals surface area contributed by atoms with Crippen molar-refractivity contribution in [3.05, 3.63) is 35.6 Å². The molecule has 1 aliphatic heterocycles. The van der Waals surface area contributed by atoms with E-state index in [2.05, 4.69) is 4.90 Å². The van der Waals surface area contributed by atoms with Gasteiger partial charge in [0.05, 0.1) is 5.56 Å². The van der Waals surface area contributed by atoms with Gasteiger partial charge in [0.2, 0.25) is 0 Å². The summed E-state index contributed by atoms with van der Waals surface area (Å²) in [5.41, 5.74) is 0.267. The van der Waals surface area contributed by atoms with Crippen LogP contribution in [-0.4, -0.2) is 36.6 Å². The fourth-order valence-corrected chi connectivity index (χ4v) is 2.23. The Morgan fingerprint density at radius 2 is 2.11 bits per heavy atom. The molecule has 0 aromatic heterocycles. The Labute approximate surface area is 119 Å². The van der Waals surface area contributed by atoms with E-state index in [1.807, 2.05) is 6.92 Å². The molecule has 1 atom stereocenters. The molecule has 2 rings (SSSR count). The van der Waals surface area contributed by atoms with Crippen molar-refractivity contribution in [1.82, 2.24) is 4.90 Å². The SMILES string of the molecule is CC(CN1CCCC1)OC(=O)c1cccc(F)c1.[Cl-]. The van der Waals surface area contributed by atoms with Gasteiger partial charge in [0, 0.05) is 6.54 Å². The average Bonchev–Trinajstić information content (AvgIpc) is 2.81. The van der Waals surface area contributed by atoms with Crippen LogP contribution in [0.25, 0.3) is 0 Å². The smallest absolute Gasteiger partial charge is 0.338 e. The maximum Gasteiger partial charge on any atom is 0.338 e. The van der Waals surface area contributed by atoms with E-state index in [9.17, 15) is 9.18 Å². The molecule has 19 heavy (non-hydrogen) atoms. The summed E-state index contributed by atoms with van der Waals surface area (Å²) in [7, 11) is 0. The molecule has 0 saturated carbocycles. The van der Waals surface area contributed by atoms with Crippen LogP contribution in [0.5, 0.6) is 0 Å². The van der Waals surface area contributed by atoms with Crippen molar-refractivity contribution >= 4 is 5.97 Å². The molecule has 1 unspecified atom stereocenters. The molecular formula is C14H18ClFNO2-. The van der Waals surface area contributed by atoms with Gasteiger partial charge in [-0.3, -0.25) is 4.90 Å². The number of rotatable bonds is 4. The Morgan fingerprint density at radius 3 is 2.74 bits per heavy atom. The highest BCUT2D eigenvalue weighted by Crippen LogP contribution is 2.11. The van der Waals surface area contributed by atoms with Crippen molar-refractivity contribution in [2.24, 2.45) is 0 Å². The third kappa shape index (κ3) is 4.80. The van der Waals surface area contributed by atoms with Crippen LogP contribution in [0.4, 0.5) is 4.39 Å². The van der Waals surface area contributed by atoms with Gasteiger partial charge in [-0.2, -0.15) is 0 Å². The molecular weight excluding hydrogens is 269 g/mol. The van der Waals surface area contributed by atoms with Gasteiger partial charge in [0.25, 0.3) is 0 Å². The lowest BCUT2D eigenvalue weighted by Gasteiger charge is -2.20. The molecule has 0 bridgehead atoms. The lowest BCUT2D eigenvalue weighted by atomic mass is 10.2. The minimum Gasteiger partial charge on any atom is -1.00 e. The van der Waals surface area contributed by atoms with Crippen LogP contribution in [0.1, 0.15) is 30.1 Å². The van der Waals surface area contributed by atoms with E-state index in [4.69, 9.17) is 4.74 Å². The zero-order valence-corrected chi connectivity index (χ0v) is 11.7. The first-order valence-corrected chi connectivity index (χ1v) is 6.34. The number of halogens is 2. The van der Waals surface area contributed by atoms with Crippen molar-refractivity contribution in [3.8, 4) is 0 Å². The highest BCUT2D eigenvalue weighted by molar-refractivity contribution is 5.89. The largest absolute Gasteiger partial charge is 1.00 e. The summed E-state index contributed by atoms with van der Waals surface area (Å²) < 4.78 is 18.3. The first-order chi connectivity index (χ1) is 8.65. The molecule has 1 fully saturated rings. The van der Waals surface area contributed by atoms with E-state index >= 15 is 0 Å². The summed E-state index contributed by atoms with van der Waals surface area (Å²) in [6.07, 6.45) is 2.26. The number of esters is 1. The summed E-state index contributed by atoms with van der Waals surface area (Å²) in [6.45, 7) is 4.76. The van der Waals surface area contributed by atoms with Crippen LogP contribution in [0, 0.1) is 5.82 Å². The quantitative estimate of drug-likeness (QED) is 0.697. The zero-order chi connectivity index (χ0) is 13.0. The summed E-state index contributed by atoms with van der Waals surface area (Å²) in [6, 6.07) is 5.58. The van der Waals surface area contributed by atoms with Crippen LogP contribution in [0.2, 0.25) is 0 Å². The van der Waals surface area contributed by atoms with E-state index in [-0.39, 0.29) is 24.1 Å². The van der Waals surface area contributed by atoms with Gasteiger partial charge in [-0.25, -0.2) is 9.18 Å². The topological polar surface area (TPSA) is 29.5 Å². The summed E-state index contributed by atoms with van der Waals surface area (Å²) in [4.78, 5) is 14.1. The van der Waals surface area contributed by atoms with Crippen molar-refractivity contribution in [1.29, 1.82) is 0 Å². The molecule has 106 valence electrons. The standard InChI is InChI=1S/C14H18FNO2.ClH/c1-11(10-16-7-2-3-8-16)18-14(17)12-5-4-6-13(15)9-12;/h4-6,9,11H,2-3,7-8,10H2,1H3;1H/p-1. The van der Waals surface area contributed by atoms with Gasteiger partial charge < -0.3 is 17.1 Å². The molecule has 1 aliphatic rings. The number of hydrogen-bond acceptors (Lipinski definition) is 3. The second-order valence-corrected chi connectivity index (χ2v) is 4.73. The number of carbonyl (C=O) groups excluding carboxylic acids is 1. The van der Waals surface area contributed by atoms with E-state index in [1.165, 1.54) is 31.0 Å². The second-order valence-electron chi connectivity index (χ2n) is 4.73. The Hall–Kier alpha value is -1.13. The Morgan fingerprint density at radius 1 is 1.42 bits per heavy atom. The molecule has 1 saturated heterocycles. The lowest BCUT2D eigenvalue weighted by Crippen LogP contribution is -3.00. The normalized spacial score (nSPS) is 16.7. The second kappa shape index (κ2) is 7.46. The zero-order valence-electron chi connectivity index (χ0n) is 10.9. The first-order valence-electron chi connectivity index (χ1n) is 6.34. The molecule has 0 spiro atoms. The lowest BCUT2D eigenvalue weighted by molar-refractivity contribution is -0.0000398. The summed E-state index contributed by atoms with van der Waals surface area (Å²) in [5, 5.41) is 0. The monoisotopic (exact) mass is 286 g/mol. The highest BCUT2D eigenvalue weighted by atomic mass is 35.5. The van der Waals surface area contributed by atoms with Gasteiger partial charge in [-0.1, -0.05) is 6.07 Å². The Balaban J connectivity index is 0.00000180. The third-order valence-corrected chi connectivity index (χ3v) is 3.08. The van der Waals surface area contributed by atoms with Crippen LogP contribution in [0.15, 0.2) is 24.3 Å². The summed E-state index contributed by atoms with van der Waals surface area (Å²) in [5.74, 6) is -0.877. The van der Waals surface area contributed by atoms with Gasteiger partial charge >= 0.3 is 5.97 Å². The Kier molecular flexibility index (Phi) is 6.25. The molecule has 1 aromatic carbocycles. The third-order valence-electron chi connectivity index (χ3n) is 3.08. The van der Waals surface area contributed by atoms with Gasteiger partial charge in [0.1, 0.15) is 11.9 Å². The molecule has 1 aromatic rings. The highest BCUT2D eigenvalue weighted by Gasteiger charge is 2.18. The Bertz CT molecular complexity index is 422. The number of nitrogens with zero attached hydrogens (tertiary/aromatic N) is 1. The van der Waals surface area contributed by atoms with Crippen LogP contribution >= 0.6 is 0 Å². The van der Waals surface area contributed by atoms with E-state index in [1.54, 1.807) is 6.07 Å². The molecule has 0 N–H and O–H groups in total. The number of likely N-dealkylation sites (tertiary alicyclic amines) is 1. The maximum atomic E-state index is 13.0. The van der Waals surface area contributed by atoms with Crippen molar-refractivity contribution < 1.29 is 26.3 Å². The molecule has 1 heterocycles. The van der Waals surface area contributed by atoms with E-state index in [0.717, 1.165) is 19.6 Å². The van der Waals surface area contributed by atoms with E-state index in [0.29, 0.717) is 0 Å². The summed E-state index contributed by atoms with van der Waals surface area (Å²) >= 11 is 0. The predicted molar refractivity (Wildman–Crippen MR) is 67.0 cm³/mol. The van der Waals surface area contributed by atoms with Gasteiger partial charge in [0.15, 0.2) is 0 Å². The first kappa shape index (κ1) is 15.9. The molecule has 0 aliphatic carbocycles. The fraction of sp³-hybridized carbons (Fsp3) is 0.500.